The predicted molar refractivity (Wildman–Crippen MR) is 125 cm³/mol. The van der Waals surface area contributed by atoms with Crippen LogP contribution in [0.2, 0.25) is 5.02 Å². The molecule has 9 heteroatoms. The number of fused-ring (bicyclic) bond motifs is 4. The molecule has 2 unspecified atom stereocenters. The minimum Gasteiger partial charge on any atom is -0.378 e. The molecule has 1 saturated heterocycles. The molecule has 2 bridgehead atoms. The van der Waals surface area contributed by atoms with Gasteiger partial charge in [-0.3, -0.25) is 5.10 Å². The molecule has 4 aliphatic rings. The number of morpholine rings is 1. The summed E-state index contributed by atoms with van der Waals surface area (Å²) in [5.74, 6) is 2.96. The van der Waals surface area contributed by atoms with Crippen LogP contribution in [0, 0.1) is 29.5 Å². The van der Waals surface area contributed by atoms with Gasteiger partial charge >= 0.3 is 0 Å². The Hall–Kier alpha value is -2.32. The Morgan fingerprint density at radius 2 is 1.91 bits per heavy atom. The van der Waals surface area contributed by atoms with Gasteiger partial charge in [-0.1, -0.05) is 18.5 Å². The van der Waals surface area contributed by atoms with Crippen LogP contribution in [0.4, 0.5) is 10.2 Å². The summed E-state index contributed by atoms with van der Waals surface area (Å²) in [5, 5.41) is 8.54. The predicted octanol–water partition coefficient (Wildman–Crippen LogP) is 4.66. The quantitative estimate of drug-likeness (QED) is 0.597. The van der Waals surface area contributed by atoms with Crippen LogP contribution in [0.1, 0.15) is 38.3 Å². The minimum absolute atomic E-state index is 0.297. The molecule has 174 valence electrons. The Kier molecular flexibility index (Phi) is 5.45. The maximum Gasteiger partial charge on any atom is 0.187 e. The van der Waals surface area contributed by atoms with Crippen molar-refractivity contribution in [3.05, 3.63) is 28.8 Å². The van der Waals surface area contributed by atoms with E-state index in [1.54, 1.807) is 12.3 Å². The molecule has 1 aliphatic heterocycles. The van der Waals surface area contributed by atoms with Crippen molar-refractivity contribution in [3.63, 3.8) is 0 Å². The summed E-state index contributed by atoms with van der Waals surface area (Å²) in [6.45, 7) is 4.68. The first kappa shape index (κ1) is 21.2. The number of nitrogens with zero attached hydrogens (tertiary/aromatic N) is 5. The minimum atomic E-state index is -0.297. The molecule has 0 aromatic carbocycles. The lowest BCUT2D eigenvalue weighted by Crippen LogP contribution is -2.40. The first-order valence-electron chi connectivity index (χ1n) is 12.0. The molecule has 3 aromatic rings. The summed E-state index contributed by atoms with van der Waals surface area (Å²) in [5.41, 5.74) is 1.66. The first-order chi connectivity index (χ1) is 16.1. The Balaban J connectivity index is 1.45. The fourth-order valence-corrected chi connectivity index (χ4v) is 6.37. The van der Waals surface area contributed by atoms with Crippen LogP contribution < -0.4 is 4.90 Å². The highest BCUT2D eigenvalue weighted by molar-refractivity contribution is 6.31. The molecule has 33 heavy (non-hydrogen) atoms. The smallest absolute Gasteiger partial charge is 0.187 e. The summed E-state index contributed by atoms with van der Waals surface area (Å²) in [6.07, 6.45) is 7.34. The molecule has 4 fully saturated rings. The van der Waals surface area contributed by atoms with Crippen molar-refractivity contribution in [1.29, 1.82) is 0 Å². The van der Waals surface area contributed by atoms with E-state index in [0.29, 0.717) is 84.2 Å². The normalized spacial score (nSPS) is 27.4. The van der Waals surface area contributed by atoms with E-state index in [-0.39, 0.29) is 5.82 Å². The summed E-state index contributed by atoms with van der Waals surface area (Å²) < 4.78 is 21.4. The zero-order valence-electron chi connectivity index (χ0n) is 18.7. The number of H-pyrrole nitrogens is 1. The first-order valence-corrected chi connectivity index (χ1v) is 12.4. The zero-order chi connectivity index (χ0) is 22.5. The summed E-state index contributed by atoms with van der Waals surface area (Å²) in [6, 6.07) is 1.80. The van der Waals surface area contributed by atoms with Gasteiger partial charge in [0.1, 0.15) is 5.69 Å². The Labute approximate surface area is 197 Å². The molecule has 3 aromatic heterocycles. The molecular weight excluding hydrogens is 443 g/mol. The van der Waals surface area contributed by atoms with Crippen LogP contribution >= 0.6 is 11.6 Å². The fraction of sp³-hybridized carbons (Fsp3) is 0.583. The standard InChI is InChI=1S/C24H28ClFN6O/c1-13-14-2-4-15(5-3-14)17(13)11-19-20(26)24(32-6-8-33-9-7-32)29-23(28-19)21-18-10-16(25)12-27-22(18)31-30-21/h10,12-15,17H,2-9,11H2,1H3,(H,27,30,31). The number of pyridine rings is 1. The van der Waals surface area contributed by atoms with Gasteiger partial charge in [0.25, 0.3) is 0 Å². The number of aromatic nitrogens is 5. The Morgan fingerprint density at radius 1 is 1.15 bits per heavy atom. The van der Waals surface area contributed by atoms with Crippen LogP contribution in [0.15, 0.2) is 12.3 Å². The number of rotatable bonds is 4. The van der Waals surface area contributed by atoms with Crippen molar-refractivity contribution in [2.75, 3.05) is 31.2 Å². The van der Waals surface area contributed by atoms with Crippen LogP contribution in [0.25, 0.3) is 22.6 Å². The van der Waals surface area contributed by atoms with E-state index >= 15 is 4.39 Å². The highest BCUT2D eigenvalue weighted by atomic mass is 35.5. The van der Waals surface area contributed by atoms with Crippen LogP contribution in [0.3, 0.4) is 0 Å². The van der Waals surface area contributed by atoms with Gasteiger partial charge in [0.2, 0.25) is 0 Å². The van der Waals surface area contributed by atoms with Crippen molar-refractivity contribution < 1.29 is 9.13 Å². The van der Waals surface area contributed by atoms with E-state index in [4.69, 9.17) is 21.3 Å². The van der Waals surface area contributed by atoms with E-state index in [0.717, 1.165) is 11.3 Å². The van der Waals surface area contributed by atoms with Gasteiger partial charge in [0, 0.05) is 19.3 Å². The molecule has 2 atom stereocenters. The highest BCUT2D eigenvalue weighted by Crippen LogP contribution is 2.50. The van der Waals surface area contributed by atoms with Gasteiger partial charge in [-0.15, -0.1) is 0 Å². The lowest BCUT2D eigenvalue weighted by molar-refractivity contribution is 0.0334. The van der Waals surface area contributed by atoms with Gasteiger partial charge in [-0.05, 0) is 61.8 Å². The van der Waals surface area contributed by atoms with Crippen molar-refractivity contribution in [1.82, 2.24) is 25.1 Å². The number of halogens is 2. The number of hydrogen-bond donors (Lipinski definition) is 1. The van der Waals surface area contributed by atoms with Crippen LogP contribution in [-0.2, 0) is 11.2 Å². The average Bonchev–Trinajstić information content (AvgIpc) is 3.26. The van der Waals surface area contributed by atoms with Gasteiger partial charge in [-0.25, -0.2) is 19.3 Å². The van der Waals surface area contributed by atoms with Crippen LogP contribution in [0.5, 0.6) is 0 Å². The monoisotopic (exact) mass is 470 g/mol. The average molecular weight is 471 g/mol. The number of hydrogen-bond acceptors (Lipinski definition) is 6. The van der Waals surface area contributed by atoms with E-state index in [2.05, 4.69) is 27.1 Å². The maximum absolute atomic E-state index is 15.9. The van der Waals surface area contributed by atoms with Gasteiger partial charge in [-0.2, -0.15) is 5.10 Å². The molecule has 7 rings (SSSR count). The number of aromatic amines is 1. The van der Waals surface area contributed by atoms with Crippen molar-refractivity contribution >= 4 is 28.5 Å². The zero-order valence-corrected chi connectivity index (χ0v) is 19.5. The molecule has 7 nitrogen and oxygen atoms in total. The maximum atomic E-state index is 15.9. The van der Waals surface area contributed by atoms with Gasteiger partial charge in [0.05, 0.1) is 29.3 Å². The van der Waals surface area contributed by atoms with Crippen molar-refractivity contribution in [2.45, 2.75) is 39.0 Å². The molecule has 3 aliphatic carbocycles. The second-order valence-electron chi connectivity index (χ2n) is 9.76. The molecule has 0 spiro atoms. The Morgan fingerprint density at radius 3 is 2.67 bits per heavy atom. The number of nitrogens with one attached hydrogen (secondary N) is 1. The SMILES string of the molecule is CC1C2CCC(CC2)C1Cc1nc(-c2[nH]nc3ncc(Cl)cc23)nc(N2CCOCC2)c1F. The number of anilines is 1. The van der Waals surface area contributed by atoms with Crippen LogP contribution in [-0.4, -0.2) is 51.5 Å². The largest absolute Gasteiger partial charge is 0.378 e. The fourth-order valence-electron chi connectivity index (χ4n) is 6.21. The summed E-state index contributed by atoms with van der Waals surface area (Å²) in [4.78, 5) is 15.7. The highest BCUT2D eigenvalue weighted by Gasteiger charge is 2.41. The van der Waals surface area contributed by atoms with E-state index in [1.165, 1.54) is 25.7 Å². The van der Waals surface area contributed by atoms with Crippen molar-refractivity contribution in [2.24, 2.45) is 23.7 Å². The molecule has 1 N–H and O–H groups in total. The lowest BCUT2D eigenvalue weighted by Gasteiger charge is -2.47. The topological polar surface area (TPSA) is 79.8 Å². The van der Waals surface area contributed by atoms with E-state index in [9.17, 15) is 0 Å². The number of ether oxygens (including phenoxy) is 1. The molecule has 0 amide bonds. The van der Waals surface area contributed by atoms with Gasteiger partial charge < -0.3 is 9.64 Å². The summed E-state index contributed by atoms with van der Waals surface area (Å²) in [7, 11) is 0. The third-order valence-corrected chi connectivity index (χ3v) is 8.29. The second kappa shape index (κ2) is 8.47. The molecule has 4 heterocycles. The van der Waals surface area contributed by atoms with E-state index in [1.807, 2.05) is 4.90 Å². The van der Waals surface area contributed by atoms with Gasteiger partial charge in [0.15, 0.2) is 23.1 Å². The lowest BCUT2D eigenvalue weighted by atomic mass is 9.58. The third kappa shape index (κ3) is 3.77. The molecular formula is C24H28ClFN6O. The second-order valence-corrected chi connectivity index (χ2v) is 10.2. The van der Waals surface area contributed by atoms with E-state index < -0.39 is 0 Å². The summed E-state index contributed by atoms with van der Waals surface area (Å²) >= 11 is 6.20. The molecule has 0 radical (unpaired) electrons. The molecule has 3 saturated carbocycles. The van der Waals surface area contributed by atoms with Crippen molar-refractivity contribution in [3.8, 4) is 11.5 Å². The Bertz CT molecular complexity index is 1170. The third-order valence-electron chi connectivity index (χ3n) is 8.08.